The summed E-state index contributed by atoms with van der Waals surface area (Å²) < 4.78 is 5.25. The minimum absolute atomic E-state index is 0.00313. The van der Waals surface area contributed by atoms with Crippen molar-refractivity contribution in [3.8, 4) is 12.3 Å². The van der Waals surface area contributed by atoms with Crippen LogP contribution in [0.4, 0.5) is 0 Å². The van der Waals surface area contributed by atoms with Crippen molar-refractivity contribution in [2.24, 2.45) is 11.8 Å². The van der Waals surface area contributed by atoms with Crippen LogP contribution in [-0.2, 0) is 11.2 Å². The normalized spacial score (nSPS) is 21.0. The minimum atomic E-state index is -0.00313. The Morgan fingerprint density at radius 2 is 2.50 bits per heavy atom. The summed E-state index contributed by atoms with van der Waals surface area (Å²) in [6.45, 7) is 1.17. The standard InChI is InChI=1S/C14H17NO3/c1-2-11-7-14(17)15(8-11)9-12(10-16)6-13-4-3-5-18-13/h1,3-5,11-12,16H,6-10H2. The van der Waals surface area contributed by atoms with E-state index in [1.54, 1.807) is 11.2 Å². The van der Waals surface area contributed by atoms with E-state index in [1.807, 2.05) is 12.1 Å². The van der Waals surface area contributed by atoms with Gasteiger partial charge in [-0.15, -0.1) is 12.3 Å². The van der Waals surface area contributed by atoms with Crippen molar-refractivity contribution in [2.45, 2.75) is 12.8 Å². The quantitative estimate of drug-likeness (QED) is 0.787. The summed E-state index contributed by atoms with van der Waals surface area (Å²) in [5.74, 6) is 3.54. The highest BCUT2D eigenvalue weighted by molar-refractivity contribution is 5.79. The number of amides is 1. The lowest BCUT2D eigenvalue weighted by Gasteiger charge is -2.21. The van der Waals surface area contributed by atoms with Gasteiger partial charge in [-0.2, -0.15) is 0 Å². The molecule has 1 aliphatic heterocycles. The number of rotatable bonds is 5. The Hall–Kier alpha value is -1.73. The van der Waals surface area contributed by atoms with E-state index in [0.29, 0.717) is 25.9 Å². The molecule has 2 rings (SSSR count). The molecule has 2 atom stereocenters. The van der Waals surface area contributed by atoms with Crippen LogP contribution in [0.5, 0.6) is 0 Å². The molecule has 4 heteroatoms. The third-order valence-corrected chi connectivity index (χ3v) is 3.26. The Morgan fingerprint density at radius 1 is 1.67 bits per heavy atom. The van der Waals surface area contributed by atoms with Gasteiger partial charge in [0.25, 0.3) is 0 Å². The average molecular weight is 247 g/mol. The van der Waals surface area contributed by atoms with Crippen LogP contribution in [0.2, 0.25) is 0 Å². The van der Waals surface area contributed by atoms with Crippen LogP contribution in [-0.4, -0.2) is 35.6 Å². The Morgan fingerprint density at radius 3 is 3.06 bits per heavy atom. The topological polar surface area (TPSA) is 53.7 Å². The molecule has 96 valence electrons. The van der Waals surface area contributed by atoms with Crippen LogP contribution in [0.1, 0.15) is 12.2 Å². The number of terminal acetylenes is 1. The lowest BCUT2D eigenvalue weighted by Crippen LogP contribution is -2.33. The van der Waals surface area contributed by atoms with E-state index in [9.17, 15) is 9.90 Å². The fourth-order valence-corrected chi connectivity index (χ4v) is 2.27. The van der Waals surface area contributed by atoms with Crippen LogP contribution in [0.25, 0.3) is 0 Å². The summed E-state index contributed by atoms with van der Waals surface area (Å²) in [6.07, 6.45) is 8.01. The van der Waals surface area contributed by atoms with Gasteiger partial charge in [0.05, 0.1) is 6.26 Å². The zero-order valence-electron chi connectivity index (χ0n) is 10.2. The number of carbonyl (C=O) groups excluding carboxylic acids is 1. The molecular formula is C14H17NO3. The molecule has 1 amide bonds. The van der Waals surface area contributed by atoms with Gasteiger partial charge in [0.1, 0.15) is 5.76 Å². The van der Waals surface area contributed by atoms with Gasteiger partial charge in [0.15, 0.2) is 0 Å². The summed E-state index contributed by atoms with van der Waals surface area (Å²) >= 11 is 0. The molecule has 1 fully saturated rings. The smallest absolute Gasteiger partial charge is 0.223 e. The van der Waals surface area contributed by atoms with Gasteiger partial charge in [-0.3, -0.25) is 4.79 Å². The second kappa shape index (κ2) is 5.74. The first kappa shape index (κ1) is 12.7. The van der Waals surface area contributed by atoms with Crippen molar-refractivity contribution in [2.75, 3.05) is 19.7 Å². The molecule has 18 heavy (non-hydrogen) atoms. The van der Waals surface area contributed by atoms with E-state index in [1.165, 1.54) is 0 Å². The first-order valence-electron chi connectivity index (χ1n) is 6.10. The summed E-state index contributed by atoms with van der Waals surface area (Å²) in [5, 5.41) is 9.37. The second-order valence-corrected chi connectivity index (χ2v) is 4.70. The van der Waals surface area contributed by atoms with Gasteiger partial charge in [-0.05, 0) is 12.1 Å². The molecule has 1 N–H and O–H groups in total. The van der Waals surface area contributed by atoms with E-state index in [4.69, 9.17) is 10.8 Å². The van der Waals surface area contributed by atoms with E-state index in [-0.39, 0.29) is 24.3 Å². The predicted octanol–water partition coefficient (Wildman–Crippen LogP) is 0.912. The number of hydrogen-bond acceptors (Lipinski definition) is 3. The molecule has 0 aliphatic carbocycles. The number of aliphatic hydroxyl groups is 1. The zero-order valence-corrected chi connectivity index (χ0v) is 10.2. The molecule has 0 bridgehead atoms. The lowest BCUT2D eigenvalue weighted by molar-refractivity contribution is -0.128. The molecule has 1 aliphatic rings. The molecule has 4 nitrogen and oxygen atoms in total. The molecule has 2 heterocycles. The monoisotopic (exact) mass is 247 g/mol. The highest BCUT2D eigenvalue weighted by atomic mass is 16.3. The molecule has 1 aromatic rings. The Kier molecular flexibility index (Phi) is 4.06. The number of furan rings is 1. The van der Waals surface area contributed by atoms with Crippen LogP contribution >= 0.6 is 0 Å². The molecule has 1 saturated heterocycles. The molecule has 0 saturated carbocycles. The predicted molar refractivity (Wildman–Crippen MR) is 66.5 cm³/mol. The lowest BCUT2D eigenvalue weighted by atomic mass is 10.0. The number of hydrogen-bond donors (Lipinski definition) is 1. The van der Waals surface area contributed by atoms with Crippen LogP contribution in [0.3, 0.4) is 0 Å². The van der Waals surface area contributed by atoms with Gasteiger partial charge in [-0.1, -0.05) is 0 Å². The summed E-state index contributed by atoms with van der Waals surface area (Å²) in [7, 11) is 0. The van der Waals surface area contributed by atoms with Gasteiger partial charge in [0, 0.05) is 44.4 Å². The number of carbonyl (C=O) groups is 1. The van der Waals surface area contributed by atoms with Crippen molar-refractivity contribution in [1.29, 1.82) is 0 Å². The largest absolute Gasteiger partial charge is 0.469 e. The maximum Gasteiger partial charge on any atom is 0.223 e. The SMILES string of the molecule is C#CC1CC(=O)N(CC(CO)Cc2ccco2)C1. The molecule has 1 aromatic heterocycles. The van der Waals surface area contributed by atoms with Crippen LogP contribution in [0.15, 0.2) is 22.8 Å². The number of aliphatic hydroxyl groups excluding tert-OH is 1. The second-order valence-electron chi connectivity index (χ2n) is 4.70. The van der Waals surface area contributed by atoms with E-state index < -0.39 is 0 Å². The third-order valence-electron chi connectivity index (χ3n) is 3.26. The van der Waals surface area contributed by atoms with E-state index in [0.717, 1.165) is 5.76 Å². The third kappa shape index (κ3) is 2.93. The highest BCUT2D eigenvalue weighted by Crippen LogP contribution is 2.19. The first-order chi connectivity index (χ1) is 8.72. The number of nitrogens with zero attached hydrogens (tertiary/aromatic N) is 1. The first-order valence-corrected chi connectivity index (χ1v) is 6.10. The summed E-state index contributed by atoms with van der Waals surface area (Å²) in [5.41, 5.74) is 0. The van der Waals surface area contributed by atoms with E-state index in [2.05, 4.69) is 5.92 Å². The maximum atomic E-state index is 11.7. The van der Waals surface area contributed by atoms with Crippen molar-refractivity contribution in [3.63, 3.8) is 0 Å². The molecule has 0 spiro atoms. The molecule has 0 radical (unpaired) electrons. The minimum Gasteiger partial charge on any atom is -0.469 e. The van der Waals surface area contributed by atoms with Crippen molar-refractivity contribution in [3.05, 3.63) is 24.2 Å². The van der Waals surface area contributed by atoms with Gasteiger partial charge < -0.3 is 14.4 Å². The maximum absolute atomic E-state index is 11.7. The number of likely N-dealkylation sites (tertiary alicyclic amines) is 1. The fraction of sp³-hybridized carbons (Fsp3) is 0.500. The molecule has 2 unspecified atom stereocenters. The van der Waals surface area contributed by atoms with Crippen LogP contribution < -0.4 is 0 Å². The Labute approximate surface area is 107 Å². The van der Waals surface area contributed by atoms with Crippen molar-refractivity contribution < 1.29 is 14.3 Å². The van der Waals surface area contributed by atoms with E-state index >= 15 is 0 Å². The fourth-order valence-electron chi connectivity index (χ4n) is 2.27. The average Bonchev–Trinajstić information content (AvgIpc) is 2.99. The summed E-state index contributed by atoms with van der Waals surface area (Å²) in [4.78, 5) is 13.5. The van der Waals surface area contributed by atoms with Gasteiger partial charge >= 0.3 is 0 Å². The Bertz CT molecular complexity index is 432. The molecule has 0 aromatic carbocycles. The van der Waals surface area contributed by atoms with Gasteiger partial charge in [0.2, 0.25) is 5.91 Å². The summed E-state index contributed by atoms with van der Waals surface area (Å²) in [6, 6.07) is 3.69. The van der Waals surface area contributed by atoms with Crippen LogP contribution in [0, 0.1) is 24.2 Å². The molecular weight excluding hydrogens is 230 g/mol. The van der Waals surface area contributed by atoms with Gasteiger partial charge in [-0.25, -0.2) is 0 Å². The highest BCUT2D eigenvalue weighted by Gasteiger charge is 2.29. The Balaban J connectivity index is 1.91. The van der Waals surface area contributed by atoms with Crippen molar-refractivity contribution in [1.82, 2.24) is 4.90 Å². The zero-order chi connectivity index (χ0) is 13.0. The van der Waals surface area contributed by atoms with Crippen molar-refractivity contribution >= 4 is 5.91 Å².